The van der Waals surface area contributed by atoms with Crippen LogP contribution in [0.15, 0.2) is 58.0 Å². The van der Waals surface area contributed by atoms with E-state index in [1.807, 2.05) is 48.5 Å². The van der Waals surface area contributed by atoms with Crippen LogP contribution in [-0.2, 0) is 19.4 Å². The Morgan fingerprint density at radius 1 is 0.970 bits per heavy atom. The molecule has 0 spiro atoms. The molecule has 0 atom stereocenters. The Labute approximate surface area is 201 Å². The summed E-state index contributed by atoms with van der Waals surface area (Å²) in [5.74, 6) is 3.45. The van der Waals surface area contributed by atoms with Crippen LogP contribution in [0.5, 0.6) is 28.7 Å². The molecular weight excluding hydrogens is 486 g/mol. The number of benzene rings is 3. The summed E-state index contributed by atoms with van der Waals surface area (Å²) in [5, 5.41) is 0. The van der Waals surface area contributed by atoms with E-state index >= 15 is 0 Å². The molecule has 0 radical (unpaired) electrons. The Balaban J connectivity index is 1.51. The minimum atomic E-state index is 0.244. The molecule has 0 aromatic heterocycles. The van der Waals surface area contributed by atoms with E-state index in [-0.39, 0.29) is 6.79 Å². The van der Waals surface area contributed by atoms with Crippen LogP contribution in [0, 0.1) is 0 Å². The number of halogens is 1. The Morgan fingerprint density at radius 2 is 1.73 bits per heavy atom. The Kier molecular flexibility index (Phi) is 6.13. The van der Waals surface area contributed by atoms with E-state index in [1.165, 1.54) is 0 Å². The number of rotatable bonds is 7. The third-order valence-corrected chi connectivity index (χ3v) is 6.56. The molecule has 2 aliphatic heterocycles. The predicted octanol–water partition coefficient (Wildman–Crippen LogP) is 5.36. The normalized spacial score (nSPS) is 13.8. The fourth-order valence-corrected chi connectivity index (χ4v) is 4.69. The lowest BCUT2D eigenvalue weighted by molar-refractivity contribution is 0.174. The minimum Gasteiger partial charge on any atom is -0.492 e. The van der Waals surface area contributed by atoms with E-state index in [2.05, 4.69) is 15.9 Å². The van der Waals surface area contributed by atoms with Gasteiger partial charge in [-0.2, -0.15) is 0 Å². The van der Waals surface area contributed by atoms with Crippen LogP contribution in [-0.4, -0.2) is 33.3 Å². The molecule has 0 saturated heterocycles. The van der Waals surface area contributed by atoms with Crippen molar-refractivity contribution in [3.05, 3.63) is 75.3 Å². The average molecular weight is 510 g/mol. The molecule has 0 fully saturated rings. The summed E-state index contributed by atoms with van der Waals surface area (Å²) >= 11 is 3.67. The van der Waals surface area contributed by atoms with E-state index in [0.29, 0.717) is 36.8 Å². The third kappa shape index (κ3) is 4.25. The molecule has 7 heteroatoms. The van der Waals surface area contributed by atoms with Crippen molar-refractivity contribution < 1.29 is 23.7 Å². The van der Waals surface area contributed by atoms with Gasteiger partial charge in [0.05, 0.1) is 14.2 Å². The number of aliphatic imine (C=N–C) groups is 1. The molecule has 6 nitrogen and oxygen atoms in total. The van der Waals surface area contributed by atoms with Crippen molar-refractivity contribution in [3.8, 4) is 28.7 Å². The monoisotopic (exact) mass is 509 g/mol. The predicted molar refractivity (Wildman–Crippen MR) is 129 cm³/mol. The summed E-state index contributed by atoms with van der Waals surface area (Å²) in [7, 11) is 3.31. The van der Waals surface area contributed by atoms with Crippen LogP contribution in [0.1, 0.15) is 22.3 Å². The van der Waals surface area contributed by atoms with E-state index in [4.69, 9.17) is 28.7 Å². The smallest absolute Gasteiger partial charge is 0.231 e. The van der Waals surface area contributed by atoms with Crippen molar-refractivity contribution in [2.75, 3.05) is 27.6 Å². The maximum atomic E-state index is 6.20. The zero-order valence-corrected chi connectivity index (χ0v) is 20.1. The van der Waals surface area contributed by atoms with Gasteiger partial charge in [-0.3, -0.25) is 4.99 Å². The van der Waals surface area contributed by atoms with Crippen LogP contribution in [0.4, 0.5) is 0 Å². The van der Waals surface area contributed by atoms with Gasteiger partial charge in [0.2, 0.25) is 12.5 Å². The van der Waals surface area contributed by atoms with Crippen molar-refractivity contribution in [1.82, 2.24) is 0 Å². The molecule has 170 valence electrons. The highest BCUT2D eigenvalue weighted by Gasteiger charge is 2.26. The summed E-state index contributed by atoms with van der Waals surface area (Å²) in [6.45, 7) is 1.36. The standard InChI is InChI=1S/C26H24BrNO5/c1-29-25-18-8-9-28-21(10-17-11-22-23(13-20(17)27)33-15-32-22)19(18)12-24(26(25)30-2)31-14-16-6-4-3-5-7-16/h3-7,11-13H,8-10,14-15H2,1-2H3. The average Bonchev–Trinajstić information content (AvgIpc) is 3.29. The summed E-state index contributed by atoms with van der Waals surface area (Å²) in [4.78, 5) is 4.86. The highest BCUT2D eigenvalue weighted by molar-refractivity contribution is 9.10. The topological polar surface area (TPSA) is 58.5 Å². The number of methoxy groups -OCH3 is 2. The van der Waals surface area contributed by atoms with Gasteiger partial charge in [0.25, 0.3) is 0 Å². The van der Waals surface area contributed by atoms with Crippen LogP contribution in [0.25, 0.3) is 0 Å². The Morgan fingerprint density at radius 3 is 2.48 bits per heavy atom. The van der Waals surface area contributed by atoms with Crippen LogP contribution in [0.2, 0.25) is 0 Å². The van der Waals surface area contributed by atoms with Crippen molar-refractivity contribution >= 4 is 21.6 Å². The number of nitrogens with zero attached hydrogens (tertiary/aromatic N) is 1. The van der Waals surface area contributed by atoms with E-state index in [0.717, 1.165) is 50.4 Å². The SMILES string of the molecule is COc1c(OCc2ccccc2)cc2c(c1OC)CCN=C2Cc1cc2c(cc1Br)OCO2. The van der Waals surface area contributed by atoms with Gasteiger partial charge in [0, 0.05) is 34.3 Å². The van der Waals surface area contributed by atoms with Gasteiger partial charge in [-0.1, -0.05) is 46.3 Å². The summed E-state index contributed by atoms with van der Waals surface area (Å²) in [6, 6.07) is 16.0. The molecule has 33 heavy (non-hydrogen) atoms. The Bertz CT molecular complexity index is 1210. The van der Waals surface area contributed by atoms with Crippen molar-refractivity contribution in [3.63, 3.8) is 0 Å². The van der Waals surface area contributed by atoms with Crippen molar-refractivity contribution in [2.24, 2.45) is 4.99 Å². The first kappa shape index (κ1) is 21.6. The summed E-state index contributed by atoms with van der Waals surface area (Å²) < 4.78 is 29.7. The molecular formula is C26H24BrNO5. The van der Waals surface area contributed by atoms with Gasteiger partial charge in [0.15, 0.2) is 23.0 Å². The fraction of sp³-hybridized carbons (Fsp3) is 0.269. The first-order valence-electron chi connectivity index (χ1n) is 10.7. The minimum absolute atomic E-state index is 0.244. The largest absolute Gasteiger partial charge is 0.492 e. The Hall–Kier alpha value is -3.19. The lowest BCUT2D eigenvalue weighted by atomic mass is 9.92. The zero-order valence-electron chi connectivity index (χ0n) is 18.5. The van der Waals surface area contributed by atoms with Crippen LogP contribution < -0.4 is 23.7 Å². The second-order valence-corrected chi connectivity index (χ2v) is 8.65. The second kappa shape index (κ2) is 9.35. The number of hydrogen-bond acceptors (Lipinski definition) is 6. The molecule has 3 aromatic carbocycles. The quantitative estimate of drug-likeness (QED) is 0.428. The summed E-state index contributed by atoms with van der Waals surface area (Å²) in [6.07, 6.45) is 1.41. The zero-order chi connectivity index (χ0) is 22.8. The maximum Gasteiger partial charge on any atom is 0.231 e. The third-order valence-electron chi connectivity index (χ3n) is 5.82. The molecule has 2 heterocycles. The number of ether oxygens (including phenoxy) is 5. The fourth-order valence-electron chi connectivity index (χ4n) is 4.23. The molecule has 5 rings (SSSR count). The highest BCUT2D eigenvalue weighted by atomic mass is 79.9. The molecule has 0 bridgehead atoms. The lowest BCUT2D eigenvalue weighted by Crippen LogP contribution is -2.17. The van der Waals surface area contributed by atoms with Crippen molar-refractivity contribution in [2.45, 2.75) is 19.4 Å². The first-order chi connectivity index (χ1) is 16.2. The summed E-state index contributed by atoms with van der Waals surface area (Å²) in [5.41, 5.74) is 5.23. The van der Waals surface area contributed by atoms with E-state index in [1.54, 1.807) is 14.2 Å². The van der Waals surface area contributed by atoms with Crippen LogP contribution >= 0.6 is 15.9 Å². The second-order valence-electron chi connectivity index (χ2n) is 7.79. The van der Waals surface area contributed by atoms with Gasteiger partial charge in [0.1, 0.15) is 6.61 Å². The van der Waals surface area contributed by atoms with E-state index < -0.39 is 0 Å². The van der Waals surface area contributed by atoms with Gasteiger partial charge in [-0.25, -0.2) is 0 Å². The number of fused-ring (bicyclic) bond motifs is 2. The first-order valence-corrected chi connectivity index (χ1v) is 11.5. The maximum absolute atomic E-state index is 6.20. The van der Waals surface area contributed by atoms with Crippen molar-refractivity contribution in [1.29, 1.82) is 0 Å². The van der Waals surface area contributed by atoms with Crippen LogP contribution in [0.3, 0.4) is 0 Å². The molecule has 0 aliphatic carbocycles. The molecule has 0 N–H and O–H groups in total. The van der Waals surface area contributed by atoms with Gasteiger partial charge < -0.3 is 23.7 Å². The van der Waals surface area contributed by atoms with Gasteiger partial charge >= 0.3 is 0 Å². The molecule has 3 aromatic rings. The molecule has 0 unspecified atom stereocenters. The lowest BCUT2D eigenvalue weighted by Gasteiger charge is -2.24. The van der Waals surface area contributed by atoms with Gasteiger partial charge in [-0.15, -0.1) is 0 Å². The molecule has 0 amide bonds. The number of hydrogen-bond donors (Lipinski definition) is 0. The van der Waals surface area contributed by atoms with E-state index in [9.17, 15) is 0 Å². The van der Waals surface area contributed by atoms with Gasteiger partial charge in [-0.05, 0) is 35.7 Å². The molecule has 0 saturated carbocycles. The molecule has 2 aliphatic rings. The highest BCUT2D eigenvalue weighted by Crippen LogP contribution is 2.44.